The molecule has 1 aliphatic carbocycles. The second-order valence-electron chi connectivity index (χ2n) is 6.21. The number of hydrogen-bond donors (Lipinski definition) is 1. The summed E-state index contributed by atoms with van der Waals surface area (Å²) in [5, 5.41) is 3.88. The van der Waals surface area contributed by atoms with Crippen LogP contribution in [0.5, 0.6) is 0 Å². The van der Waals surface area contributed by atoms with Crippen molar-refractivity contribution in [1.82, 2.24) is 14.9 Å². The van der Waals surface area contributed by atoms with Gasteiger partial charge in [0.25, 0.3) is 5.56 Å². The molecule has 6 heteroatoms. The zero-order valence-corrected chi connectivity index (χ0v) is 13.8. The first-order chi connectivity index (χ1) is 10.7. The lowest BCUT2D eigenvalue weighted by Crippen LogP contribution is -2.35. The van der Waals surface area contributed by atoms with Gasteiger partial charge in [-0.25, -0.2) is 4.98 Å². The summed E-state index contributed by atoms with van der Waals surface area (Å²) in [5.74, 6) is 0.825. The number of nitrogens with one attached hydrogen (secondary N) is 1. The number of thioether (sulfide) groups is 1. The van der Waals surface area contributed by atoms with E-state index in [9.17, 15) is 9.59 Å². The average molecular weight is 321 g/mol. The first-order valence-electron chi connectivity index (χ1n) is 8.22. The fraction of sp³-hybridized carbons (Fsp3) is 0.688. The van der Waals surface area contributed by atoms with Gasteiger partial charge >= 0.3 is 0 Å². The average Bonchev–Trinajstić information content (AvgIpc) is 3.09. The maximum atomic E-state index is 12.3. The van der Waals surface area contributed by atoms with Crippen molar-refractivity contribution >= 4 is 17.7 Å². The summed E-state index contributed by atoms with van der Waals surface area (Å²) in [6.07, 6.45) is 6.77. The van der Waals surface area contributed by atoms with Crippen LogP contribution in [0.4, 0.5) is 0 Å². The lowest BCUT2D eigenvalue weighted by molar-refractivity contribution is -0.122. The van der Waals surface area contributed by atoms with Crippen LogP contribution in [0.15, 0.2) is 16.0 Å². The van der Waals surface area contributed by atoms with Gasteiger partial charge in [-0.05, 0) is 19.3 Å². The Labute approximate surface area is 134 Å². The number of aromatic nitrogens is 2. The molecular formula is C16H23N3O2S. The van der Waals surface area contributed by atoms with E-state index in [1.54, 1.807) is 22.4 Å². The molecule has 1 fully saturated rings. The number of carbonyl (C=O) groups excluding carboxylic acids is 1. The Balaban J connectivity index is 1.68. The van der Waals surface area contributed by atoms with E-state index >= 15 is 0 Å². The highest BCUT2D eigenvalue weighted by molar-refractivity contribution is 7.99. The van der Waals surface area contributed by atoms with Gasteiger partial charge in [0.1, 0.15) is 0 Å². The summed E-state index contributed by atoms with van der Waals surface area (Å²) < 4.78 is 1.71. The molecule has 2 heterocycles. The van der Waals surface area contributed by atoms with Crippen molar-refractivity contribution in [3.05, 3.63) is 22.1 Å². The number of nitrogens with zero attached hydrogens (tertiary/aromatic N) is 2. The summed E-state index contributed by atoms with van der Waals surface area (Å²) in [6.45, 7) is 2.08. The maximum absolute atomic E-state index is 12.3. The monoisotopic (exact) mass is 321 g/mol. The molecule has 1 unspecified atom stereocenters. The highest BCUT2D eigenvalue weighted by atomic mass is 32.2. The minimum Gasteiger partial charge on any atom is -0.353 e. The molecule has 2 aliphatic rings. The highest BCUT2D eigenvalue weighted by Crippen LogP contribution is 2.32. The zero-order valence-electron chi connectivity index (χ0n) is 13.0. The van der Waals surface area contributed by atoms with Gasteiger partial charge in [-0.1, -0.05) is 37.9 Å². The SMILES string of the molecule is CCCc1cc(=O)n2c(n1)SCC2CC(=O)NC1CCCC1. The predicted octanol–water partition coefficient (Wildman–Crippen LogP) is 2.29. The van der Waals surface area contributed by atoms with Crippen LogP contribution >= 0.6 is 11.8 Å². The lowest BCUT2D eigenvalue weighted by Gasteiger charge is -2.16. The van der Waals surface area contributed by atoms with Crippen molar-refractivity contribution in [2.75, 3.05) is 5.75 Å². The Kier molecular flexibility index (Phi) is 4.86. The molecular weight excluding hydrogens is 298 g/mol. The van der Waals surface area contributed by atoms with Crippen molar-refractivity contribution in [2.24, 2.45) is 0 Å². The third-order valence-corrected chi connectivity index (χ3v) is 5.49. The van der Waals surface area contributed by atoms with Gasteiger partial charge in [0.2, 0.25) is 5.91 Å². The summed E-state index contributed by atoms with van der Waals surface area (Å²) in [5.41, 5.74) is 0.847. The van der Waals surface area contributed by atoms with Crippen LogP contribution in [-0.2, 0) is 11.2 Å². The van der Waals surface area contributed by atoms with Crippen LogP contribution in [0.3, 0.4) is 0 Å². The number of amides is 1. The minimum atomic E-state index is -0.0583. The Morgan fingerprint density at radius 3 is 2.95 bits per heavy atom. The Morgan fingerprint density at radius 2 is 2.23 bits per heavy atom. The topological polar surface area (TPSA) is 64.0 Å². The maximum Gasteiger partial charge on any atom is 0.254 e. The molecule has 0 bridgehead atoms. The Bertz CT molecular complexity index is 608. The number of fused-ring (bicyclic) bond motifs is 1. The van der Waals surface area contributed by atoms with Gasteiger partial charge < -0.3 is 5.32 Å². The fourth-order valence-corrected chi connectivity index (χ4v) is 4.47. The molecule has 0 radical (unpaired) electrons. The summed E-state index contributed by atoms with van der Waals surface area (Å²) in [6, 6.07) is 1.90. The van der Waals surface area contributed by atoms with Crippen LogP contribution in [0, 0.1) is 0 Å². The van der Waals surface area contributed by atoms with E-state index in [1.807, 2.05) is 0 Å². The standard InChI is InChI=1S/C16H23N3O2S/c1-2-5-12-8-15(21)19-13(10-22-16(19)18-12)9-14(20)17-11-6-3-4-7-11/h8,11,13H,2-7,9-10H2,1H3,(H,17,20). The molecule has 5 nitrogen and oxygen atoms in total. The molecule has 1 aromatic heterocycles. The Morgan fingerprint density at radius 1 is 1.45 bits per heavy atom. The zero-order chi connectivity index (χ0) is 15.5. The van der Waals surface area contributed by atoms with Crippen LogP contribution in [0.1, 0.15) is 57.2 Å². The van der Waals surface area contributed by atoms with Crippen LogP contribution < -0.4 is 10.9 Å². The number of hydrogen-bond acceptors (Lipinski definition) is 4. The van der Waals surface area contributed by atoms with Gasteiger partial charge in [-0.2, -0.15) is 0 Å². The molecule has 1 N–H and O–H groups in total. The van der Waals surface area contributed by atoms with Crippen LogP contribution in [0.2, 0.25) is 0 Å². The first-order valence-corrected chi connectivity index (χ1v) is 9.20. The van der Waals surface area contributed by atoms with Crippen molar-refractivity contribution in [3.8, 4) is 0 Å². The highest BCUT2D eigenvalue weighted by Gasteiger charge is 2.28. The van der Waals surface area contributed by atoms with Gasteiger partial charge in [0, 0.05) is 30.0 Å². The molecule has 0 saturated heterocycles. The van der Waals surface area contributed by atoms with Crippen molar-refractivity contribution in [2.45, 2.75) is 69.1 Å². The van der Waals surface area contributed by atoms with E-state index in [1.165, 1.54) is 12.8 Å². The van der Waals surface area contributed by atoms with Crippen molar-refractivity contribution in [1.29, 1.82) is 0 Å². The summed E-state index contributed by atoms with van der Waals surface area (Å²) in [4.78, 5) is 29.1. The van der Waals surface area contributed by atoms with Crippen molar-refractivity contribution in [3.63, 3.8) is 0 Å². The number of carbonyl (C=O) groups is 1. The fourth-order valence-electron chi connectivity index (χ4n) is 3.30. The molecule has 0 spiro atoms. The molecule has 1 aromatic rings. The lowest BCUT2D eigenvalue weighted by atomic mass is 10.2. The molecule has 1 atom stereocenters. The Hall–Kier alpha value is -1.30. The van der Waals surface area contributed by atoms with E-state index in [2.05, 4.69) is 17.2 Å². The predicted molar refractivity (Wildman–Crippen MR) is 87.3 cm³/mol. The van der Waals surface area contributed by atoms with E-state index in [0.29, 0.717) is 12.5 Å². The molecule has 22 heavy (non-hydrogen) atoms. The third-order valence-electron chi connectivity index (χ3n) is 4.39. The second-order valence-corrected chi connectivity index (χ2v) is 7.19. The smallest absolute Gasteiger partial charge is 0.254 e. The summed E-state index contributed by atoms with van der Waals surface area (Å²) >= 11 is 1.59. The molecule has 1 aliphatic heterocycles. The van der Waals surface area contributed by atoms with Gasteiger partial charge in [0.15, 0.2) is 5.16 Å². The number of rotatable bonds is 5. The normalized spacial score (nSPS) is 21.0. The van der Waals surface area contributed by atoms with Gasteiger partial charge in [0.05, 0.1) is 6.04 Å². The van der Waals surface area contributed by atoms with E-state index in [0.717, 1.165) is 42.3 Å². The van der Waals surface area contributed by atoms with E-state index in [-0.39, 0.29) is 17.5 Å². The van der Waals surface area contributed by atoms with Gasteiger partial charge in [-0.15, -0.1) is 0 Å². The molecule has 1 amide bonds. The number of aryl methyl sites for hydroxylation is 1. The second kappa shape index (κ2) is 6.86. The quantitative estimate of drug-likeness (QED) is 0.845. The van der Waals surface area contributed by atoms with Crippen LogP contribution in [-0.4, -0.2) is 27.3 Å². The third kappa shape index (κ3) is 3.37. The minimum absolute atomic E-state index is 0.0166. The molecule has 120 valence electrons. The molecule has 3 rings (SSSR count). The van der Waals surface area contributed by atoms with Crippen LogP contribution in [0.25, 0.3) is 0 Å². The summed E-state index contributed by atoms with van der Waals surface area (Å²) in [7, 11) is 0. The van der Waals surface area contributed by atoms with E-state index < -0.39 is 0 Å². The first kappa shape index (κ1) is 15.6. The van der Waals surface area contributed by atoms with E-state index in [4.69, 9.17) is 0 Å². The van der Waals surface area contributed by atoms with Crippen molar-refractivity contribution < 1.29 is 4.79 Å². The molecule has 1 saturated carbocycles. The van der Waals surface area contributed by atoms with Gasteiger partial charge in [-0.3, -0.25) is 14.2 Å². The largest absolute Gasteiger partial charge is 0.353 e. The molecule has 0 aromatic carbocycles.